The van der Waals surface area contributed by atoms with Crippen molar-refractivity contribution in [1.29, 1.82) is 0 Å². The molecule has 1 aliphatic rings. The lowest BCUT2D eigenvalue weighted by atomic mass is 10.2. The van der Waals surface area contributed by atoms with Gasteiger partial charge >= 0.3 is 0 Å². The fourth-order valence-electron chi connectivity index (χ4n) is 0.818. The van der Waals surface area contributed by atoms with Crippen LogP contribution in [-0.2, 0) is 16.3 Å². The molecule has 0 bridgehead atoms. The van der Waals surface area contributed by atoms with E-state index in [4.69, 9.17) is 0 Å². The number of rotatable bonds is 0. The Kier molecular flexibility index (Phi) is 2.16. The topological polar surface area (TPSA) is 43.0 Å². The van der Waals surface area contributed by atoms with Gasteiger partial charge in [0, 0.05) is 6.42 Å². The Bertz CT molecular complexity index is 66.8. The monoisotopic (exact) mass is 133 g/mol. The van der Waals surface area contributed by atoms with Crippen LogP contribution in [-0.4, -0.2) is 15.7 Å². The standard InChI is InChI=1S/C5H9O2S/c6-5-3-1-2-4-8(5)7/h5H,1-4H2. The van der Waals surface area contributed by atoms with Gasteiger partial charge in [-0.1, -0.05) is 0 Å². The molecule has 0 aromatic heterocycles. The first kappa shape index (κ1) is 6.39. The first-order valence-electron chi connectivity index (χ1n) is 2.83. The van der Waals surface area contributed by atoms with Gasteiger partial charge < -0.3 is 4.55 Å². The molecule has 8 heavy (non-hydrogen) atoms. The fraction of sp³-hybridized carbons (Fsp3) is 1.00. The zero-order chi connectivity index (χ0) is 5.98. The molecule has 1 rings (SSSR count). The van der Waals surface area contributed by atoms with E-state index in [2.05, 4.69) is 0 Å². The van der Waals surface area contributed by atoms with Crippen molar-refractivity contribution in [3.05, 3.63) is 0 Å². The highest BCUT2D eigenvalue weighted by atomic mass is 32.2. The second kappa shape index (κ2) is 2.71. The van der Waals surface area contributed by atoms with Crippen LogP contribution in [0, 0.1) is 0 Å². The van der Waals surface area contributed by atoms with E-state index in [9.17, 15) is 9.66 Å². The summed E-state index contributed by atoms with van der Waals surface area (Å²) in [5.41, 5.74) is -0.774. The highest BCUT2D eigenvalue weighted by Gasteiger charge is 2.24. The van der Waals surface area contributed by atoms with Gasteiger partial charge in [-0.15, -0.1) is 0 Å². The minimum atomic E-state index is -1.04. The molecule has 0 aliphatic carbocycles. The summed E-state index contributed by atoms with van der Waals surface area (Å²) in [7, 11) is 0. The van der Waals surface area contributed by atoms with Crippen molar-refractivity contribution < 1.29 is 9.66 Å². The minimum Gasteiger partial charge on any atom is -0.614 e. The van der Waals surface area contributed by atoms with E-state index in [1.54, 1.807) is 0 Å². The molecule has 2 atom stereocenters. The van der Waals surface area contributed by atoms with Crippen molar-refractivity contribution in [3.63, 3.8) is 0 Å². The molecule has 1 aliphatic heterocycles. The van der Waals surface area contributed by atoms with Crippen molar-refractivity contribution in [2.45, 2.75) is 24.7 Å². The minimum absolute atomic E-state index is 0.618. The van der Waals surface area contributed by atoms with Crippen LogP contribution in [0.1, 0.15) is 19.3 Å². The van der Waals surface area contributed by atoms with E-state index in [-0.39, 0.29) is 0 Å². The molecule has 47 valence electrons. The second-order valence-electron chi connectivity index (χ2n) is 2.01. The Hall–Kier alpha value is 0.270. The van der Waals surface area contributed by atoms with E-state index in [0.717, 1.165) is 12.8 Å². The molecule has 1 radical (unpaired) electrons. The predicted octanol–water partition coefficient (Wildman–Crippen LogP) is 0.676. The smallest absolute Gasteiger partial charge is 0.245 e. The van der Waals surface area contributed by atoms with Gasteiger partial charge in [0.15, 0.2) is 0 Å². The average molecular weight is 133 g/mol. The van der Waals surface area contributed by atoms with Crippen LogP contribution < -0.4 is 0 Å². The van der Waals surface area contributed by atoms with E-state index in [1.165, 1.54) is 0 Å². The van der Waals surface area contributed by atoms with Crippen LogP contribution in [0.5, 0.6) is 0 Å². The summed E-state index contributed by atoms with van der Waals surface area (Å²) in [4.78, 5) is 0. The van der Waals surface area contributed by atoms with Gasteiger partial charge in [0.25, 0.3) is 0 Å². The molecule has 0 spiro atoms. The van der Waals surface area contributed by atoms with Gasteiger partial charge in [0.2, 0.25) is 5.44 Å². The highest BCUT2D eigenvalue weighted by Crippen LogP contribution is 2.16. The molecule has 0 aromatic rings. The van der Waals surface area contributed by atoms with Crippen LogP contribution in [0.25, 0.3) is 0 Å². The molecule has 1 saturated heterocycles. The summed E-state index contributed by atoms with van der Waals surface area (Å²) in [6.45, 7) is 0. The molecule has 2 nitrogen and oxygen atoms in total. The largest absolute Gasteiger partial charge is 0.614 e. The molecule has 0 aromatic carbocycles. The Balaban J connectivity index is 2.28. The van der Waals surface area contributed by atoms with Crippen molar-refractivity contribution in [2.75, 3.05) is 5.75 Å². The molecular weight excluding hydrogens is 124 g/mol. The third-order valence-electron chi connectivity index (χ3n) is 1.33. The lowest BCUT2D eigenvalue weighted by molar-refractivity contribution is 0.140. The van der Waals surface area contributed by atoms with Crippen LogP contribution in [0.4, 0.5) is 0 Å². The summed E-state index contributed by atoms with van der Waals surface area (Å²) >= 11 is -1.04. The molecule has 0 saturated carbocycles. The molecule has 1 fully saturated rings. The third kappa shape index (κ3) is 1.37. The Labute approximate surface area is 52.1 Å². The summed E-state index contributed by atoms with van der Waals surface area (Å²) < 4.78 is 10.6. The first-order valence-corrected chi connectivity index (χ1v) is 4.22. The van der Waals surface area contributed by atoms with Gasteiger partial charge in [-0.05, 0) is 24.0 Å². The van der Waals surface area contributed by atoms with Crippen molar-refractivity contribution in [1.82, 2.24) is 0 Å². The maximum Gasteiger partial charge on any atom is 0.245 e. The van der Waals surface area contributed by atoms with Gasteiger partial charge in [-0.2, -0.15) is 5.11 Å². The molecule has 0 N–H and O–H groups in total. The summed E-state index contributed by atoms with van der Waals surface area (Å²) in [6.07, 6.45) is 2.57. The Morgan fingerprint density at radius 2 is 2.25 bits per heavy atom. The van der Waals surface area contributed by atoms with Crippen LogP contribution in [0.15, 0.2) is 0 Å². The number of hydrogen-bond donors (Lipinski definition) is 0. The van der Waals surface area contributed by atoms with Gasteiger partial charge in [0.05, 0.1) is 0 Å². The van der Waals surface area contributed by atoms with Crippen molar-refractivity contribution in [3.8, 4) is 0 Å². The maximum atomic E-state index is 10.6. The molecular formula is C5H9O2S. The van der Waals surface area contributed by atoms with Crippen molar-refractivity contribution in [2.24, 2.45) is 0 Å². The van der Waals surface area contributed by atoms with E-state index in [1.807, 2.05) is 0 Å². The number of hydrogen-bond acceptors (Lipinski definition) is 1. The summed E-state index contributed by atoms with van der Waals surface area (Å²) in [5.74, 6) is 0.633. The lowest BCUT2D eigenvalue weighted by Gasteiger charge is -2.19. The Morgan fingerprint density at radius 3 is 2.62 bits per heavy atom. The lowest BCUT2D eigenvalue weighted by Crippen LogP contribution is -2.26. The predicted molar refractivity (Wildman–Crippen MR) is 31.3 cm³/mol. The normalized spacial score (nSPS) is 39.8. The summed E-state index contributed by atoms with van der Waals surface area (Å²) in [5, 5.41) is 10.6. The first-order chi connectivity index (χ1) is 3.80. The SMILES string of the molecule is [O]C1CCCC[S+]1[O-]. The van der Waals surface area contributed by atoms with Crippen LogP contribution in [0.3, 0.4) is 0 Å². The molecule has 1 heterocycles. The maximum absolute atomic E-state index is 10.6. The second-order valence-corrected chi connectivity index (χ2v) is 3.71. The van der Waals surface area contributed by atoms with E-state index in [0.29, 0.717) is 12.2 Å². The zero-order valence-corrected chi connectivity index (χ0v) is 5.45. The fourth-order valence-corrected chi connectivity index (χ4v) is 2.00. The van der Waals surface area contributed by atoms with Gasteiger partial charge in [0.1, 0.15) is 5.75 Å². The quantitative estimate of drug-likeness (QED) is 0.448. The molecule has 3 heteroatoms. The zero-order valence-electron chi connectivity index (χ0n) is 4.63. The molecule has 2 unspecified atom stereocenters. The van der Waals surface area contributed by atoms with Crippen LogP contribution in [0.2, 0.25) is 0 Å². The highest BCUT2D eigenvalue weighted by molar-refractivity contribution is 7.91. The Morgan fingerprint density at radius 1 is 1.50 bits per heavy atom. The van der Waals surface area contributed by atoms with E-state index < -0.39 is 16.6 Å². The third-order valence-corrected chi connectivity index (χ3v) is 2.84. The van der Waals surface area contributed by atoms with Gasteiger partial charge in [-0.25, -0.2) is 0 Å². The van der Waals surface area contributed by atoms with E-state index >= 15 is 0 Å². The van der Waals surface area contributed by atoms with Crippen molar-refractivity contribution >= 4 is 11.2 Å². The van der Waals surface area contributed by atoms with Gasteiger partial charge in [-0.3, -0.25) is 0 Å². The molecule has 0 amide bonds. The summed E-state index contributed by atoms with van der Waals surface area (Å²) in [6, 6.07) is 0. The average Bonchev–Trinajstić information content (AvgIpc) is 1.77. The van der Waals surface area contributed by atoms with Crippen LogP contribution >= 0.6 is 0 Å².